The van der Waals surface area contributed by atoms with Crippen LogP contribution in [0.1, 0.15) is 54.4 Å². The highest BCUT2D eigenvalue weighted by Gasteiger charge is 2.36. The molecule has 0 spiro atoms. The molecule has 2 rings (SSSR count). The number of aromatic nitrogens is 2. The van der Waals surface area contributed by atoms with Crippen LogP contribution in [0.3, 0.4) is 0 Å². The number of ether oxygens (including phenoxy) is 2. The predicted octanol–water partition coefficient (Wildman–Crippen LogP) is 4.27. The average molecular weight is 413 g/mol. The van der Waals surface area contributed by atoms with E-state index in [1.165, 1.54) is 11.1 Å². The Bertz CT molecular complexity index is 715. The van der Waals surface area contributed by atoms with Crippen LogP contribution in [0.15, 0.2) is 12.3 Å². The van der Waals surface area contributed by atoms with Crippen LogP contribution in [0.5, 0.6) is 0 Å². The smallest absolute Gasteiger partial charge is 0.416 e. The van der Waals surface area contributed by atoms with Gasteiger partial charge in [-0.2, -0.15) is 0 Å². The largest absolute Gasteiger partial charge is 0.444 e. The van der Waals surface area contributed by atoms with Gasteiger partial charge in [0.25, 0.3) is 0 Å². The Kier molecular flexibility index (Phi) is 6.75. The van der Waals surface area contributed by atoms with Gasteiger partial charge >= 0.3 is 12.2 Å². The Hall–Kier alpha value is -2.09. The summed E-state index contributed by atoms with van der Waals surface area (Å²) in [5.41, 5.74) is -1.26. The molecule has 1 aliphatic rings. The molecule has 1 fully saturated rings. The lowest BCUT2D eigenvalue weighted by Gasteiger charge is -2.39. The van der Waals surface area contributed by atoms with Crippen molar-refractivity contribution in [2.45, 2.75) is 71.6 Å². The highest BCUT2D eigenvalue weighted by Crippen LogP contribution is 2.25. The monoisotopic (exact) mass is 412 g/mol. The first-order valence-electron chi connectivity index (χ1n) is 9.34. The Morgan fingerprint density at radius 1 is 1.18 bits per heavy atom. The molecule has 0 aromatic carbocycles. The van der Waals surface area contributed by atoms with Gasteiger partial charge in [-0.05, 0) is 72.1 Å². The van der Waals surface area contributed by atoms with Gasteiger partial charge in [-0.3, -0.25) is 4.90 Å². The third kappa shape index (κ3) is 6.51. The molecule has 9 heteroatoms. The first-order chi connectivity index (χ1) is 12.9. The number of carbonyl (C=O) groups excluding carboxylic acids is 2. The van der Waals surface area contributed by atoms with Gasteiger partial charge in [-0.15, -0.1) is 0 Å². The SMILES string of the molecule is CC(C)(C)OC(=O)N1CCCC(N(C(=O)OC(C)(C)C)c2ccnc(Cl)n2)C1. The highest BCUT2D eigenvalue weighted by molar-refractivity contribution is 6.28. The zero-order valence-corrected chi connectivity index (χ0v) is 18.1. The van der Waals surface area contributed by atoms with Crippen molar-refractivity contribution in [3.63, 3.8) is 0 Å². The fraction of sp³-hybridized carbons (Fsp3) is 0.684. The van der Waals surface area contributed by atoms with Crippen molar-refractivity contribution in [2.75, 3.05) is 18.0 Å². The van der Waals surface area contributed by atoms with Gasteiger partial charge < -0.3 is 14.4 Å². The summed E-state index contributed by atoms with van der Waals surface area (Å²) in [4.78, 5) is 36.5. The van der Waals surface area contributed by atoms with E-state index in [-0.39, 0.29) is 11.3 Å². The number of rotatable bonds is 2. The number of piperidine rings is 1. The molecule has 0 aliphatic carbocycles. The van der Waals surface area contributed by atoms with Gasteiger partial charge in [0, 0.05) is 19.3 Å². The number of anilines is 1. The van der Waals surface area contributed by atoms with Crippen molar-refractivity contribution in [1.82, 2.24) is 14.9 Å². The number of hydrogen-bond donors (Lipinski definition) is 0. The van der Waals surface area contributed by atoms with E-state index in [4.69, 9.17) is 21.1 Å². The lowest BCUT2D eigenvalue weighted by molar-refractivity contribution is 0.0182. The molecule has 2 amide bonds. The van der Waals surface area contributed by atoms with Crippen molar-refractivity contribution in [3.8, 4) is 0 Å². The third-order valence-corrected chi connectivity index (χ3v) is 4.04. The number of halogens is 1. The van der Waals surface area contributed by atoms with Gasteiger partial charge in [0.1, 0.15) is 17.0 Å². The maximum Gasteiger partial charge on any atom is 0.416 e. The van der Waals surface area contributed by atoms with Crippen LogP contribution < -0.4 is 4.90 Å². The van der Waals surface area contributed by atoms with Crippen LogP contribution >= 0.6 is 11.6 Å². The van der Waals surface area contributed by atoms with Crippen LogP contribution in [0.4, 0.5) is 15.4 Å². The predicted molar refractivity (Wildman–Crippen MR) is 107 cm³/mol. The minimum atomic E-state index is -0.675. The topological polar surface area (TPSA) is 84.9 Å². The normalized spacial score (nSPS) is 17.8. The maximum atomic E-state index is 12.9. The van der Waals surface area contributed by atoms with Crippen molar-refractivity contribution < 1.29 is 19.1 Å². The standard InChI is InChI=1S/C19H29ClN4O4/c1-18(2,3)27-16(25)23-11-7-8-13(12-23)24(17(26)28-19(4,5)6)14-9-10-21-15(20)22-14/h9-10,13H,7-8,11-12H2,1-6H3. The molecule has 2 heterocycles. The van der Waals surface area contributed by atoms with E-state index in [1.807, 2.05) is 20.8 Å². The summed E-state index contributed by atoms with van der Waals surface area (Å²) in [6.45, 7) is 11.7. The van der Waals surface area contributed by atoms with E-state index in [2.05, 4.69) is 9.97 Å². The fourth-order valence-electron chi connectivity index (χ4n) is 2.86. The van der Waals surface area contributed by atoms with Crippen LogP contribution in [0, 0.1) is 0 Å². The second-order valence-electron chi connectivity index (χ2n) is 8.76. The minimum Gasteiger partial charge on any atom is -0.444 e. The van der Waals surface area contributed by atoms with E-state index in [1.54, 1.807) is 31.7 Å². The fourth-order valence-corrected chi connectivity index (χ4v) is 3.00. The molecular formula is C19H29ClN4O4. The maximum absolute atomic E-state index is 12.9. The quantitative estimate of drug-likeness (QED) is 0.674. The molecule has 1 aromatic heterocycles. The van der Waals surface area contributed by atoms with E-state index in [0.717, 1.165) is 6.42 Å². The summed E-state index contributed by atoms with van der Waals surface area (Å²) in [7, 11) is 0. The lowest BCUT2D eigenvalue weighted by atomic mass is 10.0. The molecule has 1 saturated heterocycles. The average Bonchev–Trinajstić information content (AvgIpc) is 2.52. The van der Waals surface area contributed by atoms with Crippen LogP contribution in [-0.4, -0.2) is 57.4 Å². The Morgan fingerprint density at radius 3 is 2.39 bits per heavy atom. The molecule has 0 saturated carbocycles. The van der Waals surface area contributed by atoms with Gasteiger partial charge in [0.05, 0.1) is 6.04 Å². The molecule has 8 nitrogen and oxygen atoms in total. The molecule has 0 radical (unpaired) electrons. The van der Waals surface area contributed by atoms with Crippen LogP contribution in [0.2, 0.25) is 5.28 Å². The zero-order valence-electron chi connectivity index (χ0n) is 17.4. The Labute approximate surface area is 171 Å². The summed E-state index contributed by atoms with van der Waals surface area (Å²) in [5, 5.41) is 0.0332. The lowest BCUT2D eigenvalue weighted by Crippen LogP contribution is -2.54. The van der Waals surface area contributed by atoms with E-state index in [0.29, 0.717) is 25.3 Å². The van der Waals surface area contributed by atoms with Gasteiger partial charge in [0.15, 0.2) is 0 Å². The Morgan fingerprint density at radius 2 is 1.82 bits per heavy atom. The van der Waals surface area contributed by atoms with Crippen LogP contribution in [-0.2, 0) is 9.47 Å². The van der Waals surface area contributed by atoms with Crippen molar-refractivity contribution >= 4 is 29.6 Å². The number of carbonyl (C=O) groups is 2. The highest BCUT2D eigenvalue weighted by atomic mass is 35.5. The second-order valence-corrected chi connectivity index (χ2v) is 9.09. The molecule has 156 valence electrons. The van der Waals surface area contributed by atoms with Crippen molar-refractivity contribution in [2.24, 2.45) is 0 Å². The van der Waals surface area contributed by atoms with Gasteiger partial charge in [-0.1, -0.05) is 0 Å². The third-order valence-electron chi connectivity index (χ3n) is 3.86. The summed E-state index contributed by atoms with van der Waals surface area (Å²) in [6, 6.07) is 1.28. The second kappa shape index (κ2) is 8.51. The molecule has 1 aliphatic heterocycles. The van der Waals surface area contributed by atoms with Gasteiger partial charge in [0.2, 0.25) is 5.28 Å². The molecular weight excluding hydrogens is 384 g/mol. The number of likely N-dealkylation sites (tertiary alicyclic amines) is 1. The molecule has 0 N–H and O–H groups in total. The Balaban J connectivity index is 2.27. The molecule has 1 atom stereocenters. The summed E-state index contributed by atoms with van der Waals surface area (Å²) < 4.78 is 11.0. The summed E-state index contributed by atoms with van der Waals surface area (Å²) in [5.74, 6) is 0.338. The molecule has 1 aromatic rings. The van der Waals surface area contributed by atoms with Crippen molar-refractivity contribution in [1.29, 1.82) is 0 Å². The molecule has 28 heavy (non-hydrogen) atoms. The van der Waals surface area contributed by atoms with E-state index < -0.39 is 23.4 Å². The molecule has 1 unspecified atom stereocenters. The van der Waals surface area contributed by atoms with Crippen LogP contribution in [0.25, 0.3) is 0 Å². The summed E-state index contributed by atoms with van der Waals surface area (Å²) in [6.07, 6.45) is 1.96. The molecule has 0 bridgehead atoms. The van der Waals surface area contributed by atoms with E-state index in [9.17, 15) is 9.59 Å². The number of hydrogen-bond acceptors (Lipinski definition) is 6. The van der Waals surface area contributed by atoms with E-state index >= 15 is 0 Å². The first kappa shape index (κ1) is 22.2. The zero-order chi connectivity index (χ0) is 21.1. The van der Waals surface area contributed by atoms with Crippen molar-refractivity contribution in [3.05, 3.63) is 17.5 Å². The summed E-state index contributed by atoms with van der Waals surface area (Å²) >= 11 is 5.93. The number of amides is 2. The van der Waals surface area contributed by atoms with Gasteiger partial charge in [-0.25, -0.2) is 19.6 Å². The number of nitrogens with zero attached hydrogens (tertiary/aromatic N) is 4. The first-order valence-corrected chi connectivity index (χ1v) is 9.72. The minimum absolute atomic E-state index is 0.0332.